The van der Waals surface area contributed by atoms with Crippen LogP contribution in [0.1, 0.15) is 25.6 Å². The molecule has 1 N–H and O–H groups in total. The number of halogens is 1. The van der Waals surface area contributed by atoms with Crippen LogP contribution in [0.2, 0.25) is 5.02 Å². The Kier molecular flexibility index (Phi) is 3.04. The highest BCUT2D eigenvalue weighted by molar-refractivity contribution is 6.31. The summed E-state index contributed by atoms with van der Waals surface area (Å²) < 4.78 is 2.31. The summed E-state index contributed by atoms with van der Waals surface area (Å²) in [5, 5.41) is 4.09. The monoisotopic (exact) mass is 263 g/mol. The third kappa shape index (κ3) is 1.82. The van der Waals surface area contributed by atoms with Gasteiger partial charge in [0.25, 0.3) is 0 Å². The molecule has 0 amide bonds. The van der Waals surface area contributed by atoms with Gasteiger partial charge in [0.15, 0.2) is 0 Å². The van der Waals surface area contributed by atoms with Gasteiger partial charge in [0, 0.05) is 17.5 Å². The zero-order chi connectivity index (χ0) is 12.7. The normalized spacial score (nSPS) is 17.9. The van der Waals surface area contributed by atoms with Crippen molar-refractivity contribution < 1.29 is 0 Å². The quantitative estimate of drug-likeness (QED) is 0.923. The number of hydrogen-bond donors (Lipinski definition) is 1. The number of aryl methyl sites for hydroxylation is 1. The van der Waals surface area contributed by atoms with Gasteiger partial charge in [-0.1, -0.05) is 18.5 Å². The van der Waals surface area contributed by atoms with Crippen molar-refractivity contribution >= 4 is 22.6 Å². The van der Waals surface area contributed by atoms with Crippen molar-refractivity contribution in [2.24, 2.45) is 5.92 Å². The average Bonchev–Trinajstić information content (AvgIpc) is 2.63. The maximum absolute atomic E-state index is 6.04. The molecule has 1 unspecified atom stereocenters. The topological polar surface area (TPSA) is 29.9 Å². The molecule has 1 aromatic carbocycles. The fraction of sp³-hybridized carbons (Fsp3) is 0.500. The number of hydrogen-bond acceptors (Lipinski definition) is 2. The Morgan fingerprint density at radius 2 is 2.28 bits per heavy atom. The largest absolute Gasteiger partial charge is 0.328 e. The van der Waals surface area contributed by atoms with Crippen molar-refractivity contribution in [3.05, 3.63) is 29.0 Å². The minimum absolute atomic E-state index is 0.498. The fourth-order valence-electron chi connectivity index (χ4n) is 2.68. The summed E-state index contributed by atoms with van der Waals surface area (Å²) in [7, 11) is 0. The molecule has 1 aromatic heterocycles. The number of fused-ring (bicyclic) bond motifs is 1. The molecule has 1 saturated heterocycles. The SMILES string of the molecule is CCn1c(C(C)C2CNC2)nc2cc(Cl)ccc21. The molecule has 1 fully saturated rings. The molecule has 3 rings (SSSR count). The molecule has 2 aromatic rings. The van der Waals surface area contributed by atoms with Gasteiger partial charge < -0.3 is 9.88 Å². The van der Waals surface area contributed by atoms with E-state index in [1.807, 2.05) is 12.1 Å². The predicted octanol–water partition coefficient (Wildman–Crippen LogP) is 3.03. The van der Waals surface area contributed by atoms with Gasteiger partial charge in [0.05, 0.1) is 11.0 Å². The van der Waals surface area contributed by atoms with Gasteiger partial charge in [0.1, 0.15) is 5.82 Å². The number of nitrogens with one attached hydrogen (secondary N) is 1. The molecule has 0 aliphatic carbocycles. The fourth-order valence-corrected chi connectivity index (χ4v) is 2.84. The van der Waals surface area contributed by atoms with Crippen LogP contribution >= 0.6 is 11.6 Å². The number of nitrogens with zero attached hydrogens (tertiary/aromatic N) is 2. The lowest BCUT2D eigenvalue weighted by Gasteiger charge is -2.32. The molecule has 1 aliphatic rings. The summed E-state index contributed by atoms with van der Waals surface area (Å²) in [5.41, 5.74) is 2.20. The highest BCUT2D eigenvalue weighted by Crippen LogP contribution is 2.30. The summed E-state index contributed by atoms with van der Waals surface area (Å²) in [6.45, 7) is 7.62. The molecule has 4 heteroatoms. The summed E-state index contributed by atoms with van der Waals surface area (Å²) >= 11 is 6.04. The van der Waals surface area contributed by atoms with E-state index in [-0.39, 0.29) is 0 Å². The lowest BCUT2D eigenvalue weighted by molar-refractivity contribution is 0.292. The highest BCUT2D eigenvalue weighted by Gasteiger charge is 2.28. The molecule has 0 bridgehead atoms. The van der Waals surface area contributed by atoms with E-state index < -0.39 is 0 Å². The van der Waals surface area contributed by atoms with E-state index in [9.17, 15) is 0 Å². The number of imidazole rings is 1. The first-order valence-electron chi connectivity index (χ1n) is 6.57. The molecule has 96 valence electrons. The van der Waals surface area contributed by atoms with E-state index in [4.69, 9.17) is 16.6 Å². The summed E-state index contributed by atoms with van der Waals surface area (Å²) in [4.78, 5) is 4.80. The second-order valence-corrected chi connectivity index (χ2v) is 5.49. The molecule has 2 heterocycles. The summed E-state index contributed by atoms with van der Waals surface area (Å²) in [6.07, 6.45) is 0. The molecule has 3 nitrogen and oxygen atoms in total. The van der Waals surface area contributed by atoms with E-state index in [1.165, 1.54) is 11.3 Å². The zero-order valence-electron chi connectivity index (χ0n) is 10.8. The Bertz CT molecular complexity index is 572. The van der Waals surface area contributed by atoms with Gasteiger partial charge in [-0.15, -0.1) is 0 Å². The van der Waals surface area contributed by atoms with Gasteiger partial charge in [-0.25, -0.2) is 4.98 Å². The van der Waals surface area contributed by atoms with Crippen LogP contribution in [0.15, 0.2) is 18.2 Å². The Hall–Kier alpha value is -1.06. The predicted molar refractivity (Wildman–Crippen MR) is 75.2 cm³/mol. The molecule has 0 radical (unpaired) electrons. The molecule has 0 saturated carbocycles. The Morgan fingerprint density at radius 1 is 1.50 bits per heavy atom. The van der Waals surface area contributed by atoms with Gasteiger partial charge in [-0.05, 0) is 44.1 Å². The van der Waals surface area contributed by atoms with E-state index in [0.29, 0.717) is 11.8 Å². The molecule has 1 aliphatic heterocycles. The van der Waals surface area contributed by atoms with E-state index in [0.717, 1.165) is 30.2 Å². The van der Waals surface area contributed by atoms with Crippen molar-refractivity contribution in [3.8, 4) is 0 Å². The van der Waals surface area contributed by atoms with Crippen LogP contribution in [0.3, 0.4) is 0 Å². The van der Waals surface area contributed by atoms with Crippen molar-refractivity contribution in [3.63, 3.8) is 0 Å². The van der Waals surface area contributed by atoms with Crippen molar-refractivity contribution in [2.45, 2.75) is 26.3 Å². The third-order valence-corrected chi connectivity index (χ3v) is 4.22. The number of rotatable bonds is 3. The minimum atomic E-state index is 0.498. The van der Waals surface area contributed by atoms with Crippen LogP contribution in [0, 0.1) is 5.92 Å². The van der Waals surface area contributed by atoms with Gasteiger partial charge >= 0.3 is 0 Å². The molecular weight excluding hydrogens is 246 g/mol. The maximum Gasteiger partial charge on any atom is 0.113 e. The van der Waals surface area contributed by atoms with Crippen LogP contribution in [0.4, 0.5) is 0 Å². The van der Waals surface area contributed by atoms with Gasteiger partial charge in [-0.2, -0.15) is 0 Å². The molecule has 0 spiro atoms. The van der Waals surface area contributed by atoms with Crippen molar-refractivity contribution in [2.75, 3.05) is 13.1 Å². The molecular formula is C14H18ClN3. The Morgan fingerprint density at radius 3 is 2.89 bits per heavy atom. The van der Waals surface area contributed by atoms with Crippen molar-refractivity contribution in [1.29, 1.82) is 0 Å². The standard InChI is InChI=1S/C14H18ClN3/c1-3-18-13-5-4-11(15)6-12(13)17-14(18)9(2)10-7-16-8-10/h4-6,9-10,16H,3,7-8H2,1-2H3. The summed E-state index contributed by atoms with van der Waals surface area (Å²) in [6, 6.07) is 5.97. The van der Waals surface area contributed by atoms with Crippen LogP contribution in [0.5, 0.6) is 0 Å². The first kappa shape index (κ1) is 12.0. The highest BCUT2D eigenvalue weighted by atomic mass is 35.5. The van der Waals surface area contributed by atoms with Gasteiger partial charge in [-0.3, -0.25) is 0 Å². The minimum Gasteiger partial charge on any atom is -0.328 e. The Balaban J connectivity index is 2.09. The first-order chi connectivity index (χ1) is 8.70. The first-order valence-corrected chi connectivity index (χ1v) is 6.95. The Labute approximate surface area is 112 Å². The second kappa shape index (κ2) is 4.56. The smallest absolute Gasteiger partial charge is 0.113 e. The lowest BCUT2D eigenvalue weighted by atomic mass is 9.88. The molecule has 18 heavy (non-hydrogen) atoms. The average molecular weight is 264 g/mol. The zero-order valence-corrected chi connectivity index (χ0v) is 11.5. The lowest BCUT2D eigenvalue weighted by Crippen LogP contribution is -2.45. The van der Waals surface area contributed by atoms with E-state index in [1.54, 1.807) is 0 Å². The maximum atomic E-state index is 6.04. The van der Waals surface area contributed by atoms with Gasteiger partial charge in [0.2, 0.25) is 0 Å². The van der Waals surface area contributed by atoms with Crippen LogP contribution in [-0.4, -0.2) is 22.6 Å². The van der Waals surface area contributed by atoms with Crippen LogP contribution < -0.4 is 5.32 Å². The summed E-state index contributed by atoms with van der Waals surface area (Å²) in [5.74, 6) is 2.40. The van der Waals surface area contributed by atoms with E-state index >= 15 is 0 Å². The second-order valence-electron chi connectivity index (χ2n) is 5.05. The van der Waals surface area contributed by atoms with E-state index in [2.05, 4.69) is 29.8 Å². The van der Waals surface area contributed by atoms with Crippen LogP contribution in [-0.2, 0) is 6.54 Å². The van der Waals surface area contributed by atoms with Crippen LogP contribution in [0.25, 0.3) is 11.0 Å². The molecule has 1 atom stereocenters. The number of aromatic nitrogens is 2. The van der Waals surface area contributed by atoms with Crippen molar-refractivity contribution in [1.82, 2.24) is 14.9 Å². The number of benzene rings is 1. The third-order valence-electron chi connectivity index (χ3n) is 3.98.